The van der Waals surface area contributed by atoms with Gasteiger partial charge in [0.15, 0.2) is 0 Å². The van der Waals surface area contributed by atoms with Crippen LogP contribution in [0.2, 0.25) is 0 Å². The maximum atomic E-state index is 12.0. The molecule has 0 aliphatic heterocycles. The minimum Gasteiger partial charge on any atom is -0.351 e. The van der Waals surface area contributed by atoms with E-state index in [0.29, 0.717) is 11.8 Å². The summed E-state index contributed by atoms with van der Waals surface area (Å²) >= 11 is 0. The van der Waals surface area contributed by atoms with Crippen LogP contribution in [-0.4, -0.2) is 26.3 Å². The Kier molecular flexibility index (Phi) is 4.07. The molecule has 2 atom stereocenters. The molecule has 0 unspecified atom stereocenters. The molecule has 0 bridgehead atoms. The van der Waals surface area contributed by atoms with Gasteiger partial charge in [0.05, 0.1) is 0 Å². The van der Waals surface area contributed by atoms with Gasteiger partial charge in [0.2, 0.25) is 5.91 Å². The van der Waals surface area contributed by atoms with E-state index in [-0.39, 0.29) is 24.2 Å². The number of nitrogens with zero attached hydrogens (tertiary/aromatic N) is 3. The lowest BCUT2D eigenvalue weighted by atomic mass is 10.0. The van der Waals surface area contributed by atoms with Crippen LogP contribution in [0.3, 0.4) is 0 Å². The summed E-state index contributed by atoms with van der Waals surface area (Å²) < 4.78 is 2.52. The minimum atomic E-state index is -0.281. The molecule has 2 aromatic rings. The zero-order chi connectivity index (χ0) is 16.6. The van der Waals surface area contributed by atoms with E-state index in [4.69, 9.17) is 0 Å². The normalized spacial score (nSPS) is 19.8. The Morgan fingerprint density at radius 1 is 1.35 bits per heavy atom. The Hall–Kier alpha value is -2.37. The van der Waals surface area contributed by atoms with E-state index in [2.05, 4.69) is 48.5 Å². The van der Waals surface area contributed by atoms with Gasteiger partial charge in [-0.05, 0) is 23.5 Å². The lowest BCUT2D eigenvalue weighted by Crippen LogP contribution is -2.34. The Morgan fingerprint density at radius 3 is 2.61 bits per heavy atom. The predicted molar refractivity (Wildman–Crippen MR) is 87.3 cm³/mol. The first-order chi connectivity index (χ1) is 11.0. The number of carbonyl (C=O) groups is 1. The van der Waals surface area contributed by atoms with Gasteiger partial charge in [0.1, 0.15) is 12.9 Å². The van der Waals surface area contributed by atoms with Crippen molar-refractivity contribution in [3.05, 3.63) is 52.2 Å². The topological polar surface area (TPSA) is 68.9 Å². The monoisotopic (exact) mass is 314 g/mol. The highest BCUT2D eigenvalue weighted by atomic mass is 16.2. The highest BCUT2D eigenvalue weighted by molar-refractivity contribution is 5.76. The van der Waals surface area contributed by atoms with Gasteiger partial charge in [-0.1, -0.05) is 38.1 Å². The predicted octanol–water partition coefficient (Wildman–Crippen LogP) is 1.38. The van der Waals surface area contributed by atoms with Gasteiger partial charge < -0.3 is 5.32 Å². The summed E-state index contributed by atoms with van der Waals surface area (Å²) in [4.78, 5) is 23.7. The molecule has 6 heteroatoms. The van der Waals surface area contributed by atoms with Crippen LogP contribution in [0, 0.1) is 0 Å². The minimum absolute atomic E-state index is 0.0326. The van der Waals surface area contributed by atoms with Crippen molar-refractivity contribution in [1.29, 1.82) is 0 Å². The molecule has 23 heavy (non-hydrogen) atoms. The van der Waals surface area contributed by atoms with Crippen molar-refractivity contribution in [2.75, 3.05) is 0 Å². The van der Waals surface area contributed by atoms with E-state index < -0.39 is 0 Å². The number of aromatic nitrogens is 3. The number of benzene rings is 1. The maximum absolute atomic E-state index is 12.0. The van der Waals surface area contributed by atoms with Gasteiger partial charge in [0, 0.05) is 19.0 Å². The maximum Gasteiger partial charge on any atom is 0.345 e. The van der Waals surface area contributed by atoms with Crippen molar-refractivity contribution in [1.82, 2.24) is 19.7 Å². The van der Waals surface area contributed by atoms with Crippen LogP contribution in [0.5, 0.6) is 0 Å². The summed E-state index contributed by atoms with van der Waals surface area (Å²) in [6, 6.07) is 8.77. The van der Waals surface area contributed by atoms with Crippen molar-refractivity contribution >= 4 is 5.91 Å². The molecule has 1 amide bonds. The van der Waals surface area contributed by atoms with Crippen LogP contribution in [0.15, 0.2) is 35.4 Å². The molecule has 0 spiro atoms. The summed E-state index contributed by atoms with van der Waals surface area (Å²) in [5, 5.41) is 6.87. The van der Waals surface area contributed by atoms with Crippen molar-refractivity contribution in [2.24, 2.45) is 7.05 Å². The smallest absolute Gasteiger partial charge is 0.345 e. The molecule has 1 aliphatic carbocycles. The number of hydrogen-bond donors (Lipinski definition) is 1. The van der Waals surface area contributed by atoms with Crippen LogP contribution in [0.1, 0.15) is 43.2 Å². The summed E-state index contributed by atoms with van der Waals surface area (Å²) in [6.07, 6.45) is 2.36. The van der Waals surface area contributed by atoms with Gasteiger partial charge >= 0.3 is 5.69 Å². The molecule has 1 saturated carbocycles. The third-order valence-corrected chi connectivity index (χ3v) is 4.35. The summed E-state index contributed by atoms with van der Waals surface area (Å²) in [6.45, 7) is 4.32. The average molecular weight is 314 g/mol. The third kappa shape index (κ3) is 3.36. The van der Waals surface area contributed by atoms with Gasteiger partial charge in [-0.3, -0.25) is 9.36 Å². The number of carbonyl (C=O) groups excluding carboxylic acids is 1. The number of rotatable bonds is 5. The van der Waals surface area contributed by atoms with Gasteiger partial charge in [0.25, 0.3) is 0 Å². The highest BCUT2D eigenvalue weighted by Gasteiger charge is 2.39. The second kappa shape index (κ2) is 6.02. The van der Waals surface area contributed by atoms with E-state index in [1.165, 1.54) is 26.7 Å². The zero-order valence-corrected chi connectivity index (χ0v) is 13.7. The standard InChI is InChI=1S/C17H22N4O2/c1-11(2)12-4-6-13(7-5-12)14-8-15(14)19-16(22)9-21-17(23)20(3)10-18-21/h4-7,10-11,14-15H,8-9H2,1-3H3,(H,19,22)/t14-,15-/m1/s1. The number of hydrogen-bond acceptors (Lipinski definition) is 3. The largest absolute Gasteiger partial charge is 0.351 e. The summed E-state index contributed by atoms with van der Waals surface area (Å²) in [5.41, 5.74) is 2.30. The fraction of sp³-hybridized carbons (Fsp3) is 0.471. The van der Waals surface area contributed by atoms with E-state index in [1.807, 2.05) is 0 Å². The molecular weight excluding hydrogens is 292 g/mol. The van der Waals surface area contributed by atoms with Crippen molar-refractivity contribution < 1.29 is 4.79 Å². The fourth-order valence-electron chi connectivity index (χ4n) is 2.77. The molecule has 1 aromatic carbocycles. The molecule has 6 nitrogen and oxygen atoms in total. The van der Waals surface area contributed by atoms with E-state index in [0.717, 1.165) is 6.42 Å². The molecule has 122 valence electrons. The number of amides is 1. The second-order valence-corrected chi connectivity index (χ2v) is 6.52. The molecular formula is C17H22N4O2. The Labute approximate surface area is 135 Å². The molecule has 0 radical (unpaired) electrons. The molecule has 1 aromatic heterocycles. The molecule has 1 N–H and O–H groups in total. The van der Waals surface area contributed by atoms with E-state index >= 15 is 0 Å². The molecule has 1 fully saturated rings. The molecule has 1 heterocycles. The van der Waals surface area contributed by atoms with Crippen LogP contribution < -0.4 is 11.0 Å². The molecule has 0 saturated heterocycles. The lowest BCUT2D eigenvalue weighted by molar-refractivity contribution is -0.122. The average Bonchev–Trinajstić information content (AvgIpc) is 3.22. The second-order valence-electron chi connectivity index (χ2n) is 6.52. The first-order valence-corrected chi connectivity index (χ1v) is 7.93. The van der Waals surface area contributed by atoms with E-state index in [9.17, 15) is 9.59 Å². The first kappa shape index (κ1) is 15.5. The fourth-order valence-corrected chi connectivity index (χ4v) is 2.77. The van der Waals surface area contributed by atoms with Gasteiger partial charge in [-0.2, -0.15) is 5.10 Å². The van der Waals surface area contributed by atoms with Crippen molar-refractivity contribution in [3.63, 3.8) is 0 Å². The van der Waals surface area contributed by atoms with Crippen LogP contribution in [-0.2, 0) is 18.4 Å². The first-order valence-electron chi connectivity index (χ1n) is 7.93. The number of nitrogens with one attached hydrogen (secondary N) is 1. The molecule has 3 rings (SSSR count). The van der Waals surface area contributed by atoms with Crippen molar-refractivity contribution in [2.45, 2.75) is 44.7 Å². The summed E-state index contributed by atoms with van der Waals surface area (Å²) in [5.74, 6) is 0.730. The Morgan fingerprint density at radius 2 is 2.04 bits per heavy atom. The lowest BCUT2D eigenvalue weighted by Gasteiger charge is -2.07. The Balaban J connectivity index is 1.55. The zero-order valence-electron chi connectivity index (χ0n) is 13.7. The number of aryl methyl sites for hydroxylation is 1. The van der Waals surface area contributed by atoms with Gasteiger partial charge in [-0.25, -0.2) is 9.48 Å². The summed E-state index contributed by atoms with van der Waals surface area (Å²) in [7, 11) is 1.61. The molecule has 1 aliphatic rings. The highest BCUT2D eigenvalue weighted by Crippen LogP contribution is 2.41. The van der Waals surface area contributed by atoms with Crippen LogP contribution in [0.4, 0.5) is 0 Å². The van der Waals surface area contributed by atoms with Crippen LogP contribution >= 0.6 is 0 Å². The Bertz CT molecular complexity index is 758. The third-order valence-electron chi connectivity index (χ3n) is 4.35. The van der Waals surface area contributed by atoms with Crippen molar-refractivity contribution in [3.8, 4) is 0 Å². The SMILES string of the molecule is CC(C)c1ccc([C@H]2C[C@H]2NC(=O)Cn2ncn(C)c2=O)cc1. The van der Waals surface area contributed by atoms with Gasteiger partial charge in [-0.15, -0.1) is 0 Å². The quantitative estimate of drug-likeness (QED) is 0.906. The van der Waals surface area contributed by atoms with E-state index in [1.54, 1.807) is 7.05 Å². The van der Waals surface area contributed by atoms with Crippen LogP contribution in [0.25, 0.3) is 0 Å².